The van der Waals surface area contributed by atoms with Crippen molar-refractivity contribution in [2.24, 2.45) is 0 Å². The molecule has 1 aromatic carbocycles. The number of nitrogens with one attached hydrogen (secondary N) is 2. The fourth-order valence-electron chi connectivity index (χ4n) is 4.53. The molecule has 9 heteroatoms. The van der Waals surface area contributed by atoms with Crippen molar-refractivity contribution < 1.29 is 23.5 Å². The third-order valence-electron chi connectivity index (χ3n) is 6.33. The lowest BCUT2D eigenvalue weighted by atomic mass is 10.0. The molecule has 1 aliphatic carbocycles. The molecule has 1 saturated carbocycles. The molecule has 3 amide bonds. The molecule has 7 nitrogen and oxygen atoms in total. The molecule has 182 valence electrons. The Kier molecular flexibility index (Phi) is 8.29. The van der Waals surface area contributed by atoms with Crippen molar-refractivity contribution in [3.05, 3.63) is 58.0 Å². The van der Waals surface area contributed by atoms with Crippen LogP contribution >= 0.6 is 11.3 Å². The normalized spacial score (nSPS) is 19.0. The average molecular weight is 488 g/mol. The van der Waals surface area contributed by atoms with Crippen LogP contribution in [0.2, 0.25) is 0 Å². The number of carbonyl (C=O) groups is 3. The van der Waals surface area contributed by atoms with Crippen molar-refractivity contribution in [2.45, 2.75) is 63.3 Å². The Morgan fingerprint density at radius 2 is 1.85 bits per heavy atom. The number of hydrogen-bond acceptors (Lipinski definition) is 5. The standard InChI is InChI=1S/C25H30FN3O4S/c26-18-11-9-17(10-12-18)22(23(30)27-15-20-7-3-13-33-20)29(16-21-8-4-14-34-21)25(32)24(31)28-19-5-1-2-6-19/h4,8-12,14,19-20,22H,1-3,5-7,13,15-16H2,(H,27,30)(H,28,31)/t20-,22-/m1/s1. The van der Waals surface area contributed by atoms with Crippen molar-refractivity contribution in [2.75, 3.05) is 13.2 Å². The van der Waals surface area contributed by atoms with Gasteiger partial charge in [0.2, 0.25) is 5.91 Å². The summed E-state index contributed by atoms with van der Waals surface area (Å²) in [6.45, 7) is 1.06. The Labute approximate surface area is 202 Å². The molecule has 1 aromatic heterocycles. The Morgan fingerprint density at radius 3 is 2.50 bits per heavy atom. The summed E-state index contributed by atoms with van der Waals surface area (Å²) < 4.78 is 19.3. The number of benzene rings is 1. The number of nitrogens with zero attached hydrogens (tertiary/aromatic N) is 1. The zero-order chi connectivity index (χ0) is 23.9. The summed E-state index contributed by atoms with van der Waals surface area (Å²) >= 11 is 1.44. The van der Waals surface area contributed by atoms with Crippen LogP contribution in [0.1, 0.15) is 55.0 Å². The summed E-state index contributed by atoms with van der Waals surface area (Å²) in [5.74, 6) is -2.37. The Bertz CT molecular complexity index is 971. The molecule has 0 radical (unpaired) electrons. The van der Waals surface area contributed by atoms with Gasteiger partial charge in [0.05, 0.1) is 12.6 Å². The highest BCUT2D eigenvalue weighted by Crippen LogP contribution is 2.26. The van der Waals surface area contributed by atoms with Crippen LogP contribution in [-0.2, 0) is 25.7 Å². The van der Waals surface area contributed by atoms with E-state index < -0.39 is 29.6 Å². The predicted molar refractivity (Wildman–Crippen MR) is 126 cm³/mol. The monoisotopic (exact) mass is 487 g/mol. The quantitative estimate of drug-likeness (QED) is 0.560. The van der Waals surface area contributed by atoms with Gasteiger partial charge in [0.15, 0.2) is 0 Å². The van der Waals surface area contributed by atoms with Crippen LogP contribution in [0.5, 0.6) is 0 Å². The number of hydrogen-bond donors (Lipinski definition) is 2. The van der Waals surface area contributed by atoms with Crippen LogP contribution < -0.4 is 10.6 Å². The SMILES string of the molecule is O=C(NC1CCCC1)C(=O)N(Cc1cccs1)[C@@H](C(=O)NC[C@H]1CCCO1)c1ccc(F)cc1. The molecule has 2 aromatic rings. The minimum absolute atomic E-state index is 0.0300. The fraction of sp³-hybridized carbons (Fsp3) is 0.480. The highest BCUT2D eigenvalue weighted by atomic mass is 32.1. The van der Waals surface area contributed by atoms with E-state index in [0.717, 1.165) is 43.4 Å². The number of halogens is 1. The van der Waals surface area contributed by atoms with Gasteiger partial charge in [-0.2, -0.15) is 0 Å². The van der Waals surface area contributed by atoms with Gasteiger partial charge in [0.1, 0.15) is 11.9 Å². The van der Waals surface area contributed by atoms with Gasteiger partial charge in [0, 0.05) is 24.1 Å². The van der Waals surface area contributed by atoms with E-state index in [2.05, 4.69) is 10.6 Å². The molecule has 2 fully saturated rings. The molecule has 0 unspecified atom stereocenters. The first-order valence-corrected chi connectivity index (χ1v) is 12.7. The molecule has 2 N–H and O–H groups in total. The van der Waals surface area contributed by atoms with E-state index in [1.54, 1.807) is 0 Å². The van der Waals surface area contributed by atoms with Gasteiger partial charge in [-0.15, -0.1) is 11.3 Å². The number of rotatable bonds is 8. The zero-order valence-electron chi connectivity index (χ0n) is 19.0. The summed E-state index contributed by atoms with van der Waals surface area (Å²) in [5.41, 5.74) is 0.435. The largest absolute Gasteiger partial charge is 0.376 e. The van der Waals surface area contributed by atoms with Crippen molar-refractivity contribution >= 4 is 29.1 Å². The fourth-order valence-corrected chi connectivity index (χ4v) is 5.24. The molecule has 1 saturated heterocycles. The molecule has 2 heterocycles. The molecule has 4 rings (SSSR count). The van der Waals surface area contributed by atoms with Crippen LogP contribution in [0.3, 0.4) is 0 Å². The van der Waals surface area contributed by atoms with Crippen LogP contribution in [0.25, 0.3) is 0 Å². The number of thiophene rings is 1. The minimum atomic E-state index is -1.09. The third-order valence-corrected chi connectivity index (χ3v) is 7.19. The van der Waals surface area contributed by atoms with Gasteiger partial charge < -0.3 is 20.3 Å². The maximum absolute atomic E-state index is 13.7. The Morgan fingerprint density at radius 1 is 1.09 bits per heavy atom. The predicted octanol–water partition coefficient (Wildman–Crippen LogP) is 3.31. The van der Waals surface area contributed by atoms with E-state index >= 15 is 0 Å². The van der Waals surface area contributed by atoms with Gasteiger partial charge >= 0.3 is 11.8 Å². The van der Waals surface area contributed by atoms with Gasteiger partial charge in [-0.3, -0.25) is 14.4 Å². The summed E-state index contributed by atoms with van der Waals surface area (Å²) in [4.78, 5) is 41.9. The van der Waals surface area contributed by atoms with Gasteiger partial charge in [-0.05, 0) is 54.8 Å². The van der Waals surface area contributed by atoms with Crippen molar-refractivity contribution in [1.82, 2.24) is 15.5 Å². The van der Waals surface area contributed by atoms with Crippen LogP contribution in [-0.4, -0.2) is 47.9 Å². The maximum atomic E-state index is 13.7. The lowest BCUT2D eigenvalue weighted by Gasteiger charge is -2.31. The molecule has 2 aliphatic rings. The average Bonchev–Trinajstić information content (AvgIpc) is 3.62. The molecular weight excluding hydrogens is 457 g/mol. The molecule has 2 atom stereocenters. The Hall–Kier alpha value is -2.78. The summed E-state index contributed by atoms with van der Waals surface area (Å²) in [6.07, 6.45) is 5.42. The van der Waals surface area contributed by atoms with E-state index in [9.17, 15) is 18.8 Å². The first kappa shape index (κ1) is 24.3. The van der Waals surface area contributed by atoms with E-state index in [1.165, 1.54) is 40.5 Å². The number of amides is 3. The second-order valence-corrected chi connectivity index (χ2v) is 9.83. The maximum Gasteiger partial charge on any atom is 0.313 e. The first-order chi connectivity index (χ1) is 16.5. The van der Waals surface area contributed by atoms with E-state index in [1.807, 2.05) is 17.5 Å². The smallest absolute Gasteiger partial charge is 0.313 e. The first-order valence-electron chi connectivity index (χ1n) is 11.8. The second-order valence-electron chi connectivity index (χ2n) is 8.80. The van der Waals surface area contributed by atoms with Gasteiger partial charge in [0.25, 0.3) is 0 Å². The topological polar surface area (TPSA) is 87.7 Å². The summed E-state index contributed by atoms with van der Waals surface area (Å²) in [6, 6.07) is 8.05. The van der Waals surface area contributed by atoms with E-state index in [4.69, 9.17) is 4.74 Å². The van der Waals surface area contributed by atoms with Crippen molar-refractivity contribution in [3.8, 4) is 0 Å². The van der Waals surface area contributed by atoms with E-state index in [0.29, 0.717) is 18.7 Å². The molecule has 0 spiro atoms. The molecular formula is C25H30FN3O4S. The number of carbonyl (C=O) groups excluding carboxylic acids is 3. The molecule has 34 heavy (non-hydrogen) atoms. The zero-order valence-corrected chi connectivity index (χ0v) is 19.8. The number of ether oxygens (including phenoxy) is 1. The lowest BCUT2D eigenvalue weighted by Crippen LogP contribution is -2.50. The lowest BCUT2D eigenvalue weighted by molar-refractivity contribution is -0.151. The van der Waals surface area contributed by atoms with Crippen molar-refractivity contribution in [3.63, 3.8) is 0 Å². The molecule has 1 aliphatic heterocycles. The second kappa shape index (κ2) is 11.6. The molecule has 0 bridgehead atoms. The third kappa shape index (κ3) is 6.21. The van der Waals surface area contributed by atoms with Crippen LogP contribution in [0.4, 0.5) is 4.39 Å². The van der Waals surface area contributed by atoms with Gasteiger partial charge in [-0.25, -0.2) is 4.39 Å². The van der Waals surface area contributed by atoms with Gasteiger partial charge in [-0.1, -0.05) is 31.0 Å². The summed E-state index contributed by atoms with van der Waals surface area (Å²) in [5, 5.41) is 7.59. The Balaban J connectivity index is 1.61. The highest BCUT2D eigenvalue weighted by Gasteiger charge is 2.36. The highest BCUT2D eigenvalue weighted by molar-refractivity contribution is 7.09. The summed E-state index contributed by atoms with van der Waals surface area (Å²) in [7, 11) is 0. The van der Waals surface area contributed by atoms with Crippen LogP contribution in [0, 0.1) is 5.82 Å². The van der Waals surface area contributed by atoms with E-state index in [-0.39, 0.29) is 18.7 Å². The van der Waals surface area contributed by atoms with Crippen molar-refractivity contribution in [1.29, 1.82) is 0 Å². The van der Waals surface area contributed by atoms with Crippen LogP contribution in [0.15, 0.2) is 41.8 Å². The minimum Gasteiger partial charge on any atom is -0.376 e.